The summed E-state index contributed by atoms with van der Waals surface area (Å²) in [5, 5.41) is 0. The smallest absolute Gasteiger partial charge is 0.111 e. The first-order valence-corrected chi connectivity index (χ1v) is 6.07. The molecule has 0 saturated carbocycles. The molecule has 0 radical (unpaired) electrons. The van der Waals surface area contributed by atoms with E-state index in [-0.39, 0.29) is 5.41 Å². The number of hydrogen-bond donors (Lipinski definition) is 1. The number of aromatic amines is 1. The van der Waals surface area contributed by atoms with Crippen LogP contribution in [0.25, 0.3) is 0 Å². The molecule has 2 heteroatoms. The average Bonchev–Trinajstić information content (AvgIpc) is 2.50. The van der Waals surface area contributed by atoms with Gasteiger partial charge < -0.3 is 4.98 Å². The van der Waals surface area contributed by atoms with Gasteiger partial charge in [-0.05, 0) is 12.8 Å². The van der Waals surface area contributed by atoms with Gasteiger partial charge in [0, 0.05) is 11.1 Å². The fourth-order valence-corrected chi connectivity index (χ4v) is 1.70. The normalized spacial score (nSPS) is 12.1. The standard InChI is InChI=1S/C13H24N2/c1-6-8-10-11(9-7-2)15-12(14-10)13(3,4)5/h6-9H2,1-5H3,(H,14,15). The molecule has 0 saturated heterocycles. The van der Waals surface area contributed by atoms with E-state index in [1.807, 2.05) is 0 Å². The summed E-state index contributed by atoms with van der Waals surface area (Å²) in [4.78, 5) is 8.23. The van der Waals surface area contributed by atoms with Crippen molar-refractivity contribution in [1.82, 2.24) is 9.97 Å². The zero-order valence-corrected chi connectivity index (χ0v) is 10.8. The average molecular weight is 208 g/mol. The molecule has 0 aromatic carbocycles. The van der Waals surface area contributed by atoms with Crippen molar-refractivity contribution in [3.63, 3.8) is 0 Å². The van der Waals surface area contributed by atoms with E-state index in [9.17, 15) is 0 Å². The second-order valence-electron chi connectivity index (χ2n) is 5.26. The van der Waals surface area contributed by atoms with Crippen LogP contribution in [-0.4, -0.2) is 9.97 Å². The van der Waals surface area contributed by atoms with Gasteiger partial charge in [0.1, 0.15) is 5.82 Å². The second-order valence-corrected chi connectivity index (χ2v) is 5.26. The largest absolute Gasteiger partial charge is 0.345 e. The van der Waals surface area contributed by atoms with Crippen LogP contribution in [0, 0.1) is 0 Å². The Bertz CT molecular complexity index is 281. The van der Waals surface area contributed by atoms with Crippen LogP contribution in [0.15, 0.2) is 0 Å². The van der Waals surface area contributed by atoms with E-state index in [4.69, 9.17) is 4.98 Å². The van der Waals surface area contributed by atoms with Crippen molar-refractivity contribution >= 4 is 0 Å². The van der Waals surface area contributed by atoms with Crippen molar-refractivity contribution in [1.29, 1.82) is 0 Å². The zero-order valence-electron chi connectivity index (χ0n) is 10.8. The van der Waals surface area contributed by atoms with Crippen molar-refractivity contribution < 1.29 is 0 Å². The summed E-state index contributed by atoms with van der Waals surface area (Å²) in [7, 11) is 0. The molecular weight excluding hydrogens is 184 g/mol. The Labute approximate surface area is 93.5 Å². The number of nitrogens with zero attached hydrogens (tertiary/aromatic N) is 1. The van der Waals surface area contributed by atoms with Crippen LogP contribution in [0.1, 0.15) is 64.7 Å². The fourth-order valence-electron chi connectivity index (χ4n) is 1.70. The van der Waals surface area contributed by atoms with Crippen LogP contribution in [0.3, 0.4) is 0 Å². The third kappa shape index (κ3) is 3.08. The van der Waals surface area contributed by atoms with E-state index in [1.54, 1.807) is 0 Å². The van der Waals surface area contributed by atoms with Gasteiger partial charge in [0.25, 0.3) is 0 Å². The second kappa shape index (κ2) is 4.82. The molecule has 0 atom stereocenters. The number of nitrogens with one attached hydrogen (secondary N) is 1. The first kappa shape index (κ1) is 12.3. The van der Waals surface area contributed by atoms with Gasteiger partial charge in [0.2, 0.25) is 0 Å². The van der Waals surface area contributed by atoms with Gasteiger partial charge in [-0.1, -0.05) is 47.5 Å². The Hall–Kier alpha value is -0.790. The summed E-state index contributed by atoms with van der Waals surface area (Å²) in [5.41, 5.74) is 2.77. The molecule has 0 aliphatic heterocycles. The summed E-state index contributed by atoms with van der Waals surface area (Å²) in [5.74, 6) is 1.13. The van der Waals surface area contributed by atoms with Crippen LogP contribution in [0.5, 0.6) is 0 Å². The van der Waals surface area contributed by atoms with E-state index >= 15 is 0 Å². The van der Waals surface area contributed by atoms with Crippen molar-refractivity contribution in [2.75, 3.05) is 0 Å². The third-order valence-electron chi connectivity index (χ3n) is 2.56. The maximum Gasteiger partial charge on any atom is 0.111 e. The van der Waals surface area contributed by atoms with E-state index < -0.39 is 0 Å². The van der Waals surface area contributed by atoms with E-state index in [0.717, 1.165) is 18.7 Å². The lowest BCUT2D eigenvalue weighted by molar-refractivity contribution is 0.549. The maximum atomic E-state index is 4.73. The summed E-state index contributed by atoms with van der Waals surface area (Å²) in [6.07, 6.45) is 4.58. The predicted molar refractivity (Wildman–Crippen MR) is 65.3 cm³/mol. The summed E-state index contributed by atoms with van der Waals surface area (Å²) >= 11 is 0. The number of rotatable bonds is 4. The molecular formula is C13H24N2. The van der Waals surface area contributed by atoms with Gasteiger partial charge in [0.05, 0.1) is 5.69 Å². The third-order valence-corrected chi connectivity index (χ3v) is 2.56. The van der Waals surface area contributed by atoms with Gasteiger partial charge in [0.15, 0.2) is 0 Å². The van der Waals surface area contributed by atoms with Crippen LogP contribution in [-0.2, 0) is 18.3 Å². The van der Waals surface area contributed by atoms with Crippen molar-refractivity contribution in [3.05, 3.63) is 17.2 Å². The maximum absolute atomic E-state index is 4.73. The number of aryl methyl sites for hydroxylation is 2. The van der Waals surface area contributed by atoms with Gasteiger partial charge in [-0.3, -0.25) is 0 Å². The zero-order chi connectivity index (χ0) is 11.5. The molecule has 0 fully saturated rings. The minimum absolute atomic E-state index is 0.133. The molecule has 0 spiro atoms. The molecule has 1 aromatic heterocycles. The monoisotopic (exact) mass is 208 g/mol. The Morgan fingerprint density at radius 1 is 1.07 bits per heavy atom. The lowest BCUT2D eigenvalue weighted by Crippen LogP contribution is -2.13. The number of aromatic nitrogens is 2. The van der Waals surface area contributed by atoms with Crippen LogP contribution in [0.4, 0.5) is 0 Å². The molecule has 0 bridgehead atoms. The van der Waals surface area contributed by atoms with E-state index in [1.165, 1.54) is 24.2 Å². The molecule has 1 aromatic rings. The van der Waals surface area contributed by atoms with Gasteiger partial charge in [-0.15, -0.1) is 0 Å². The number of hydrogen-bond acceptors (Lipinski definition) is 1. The summed E-state index contributed by atoms with van der Waals surface area (Å²) in [6.45, 7) is 11.0. The highest BCUT2D eigenvalue weighted by Crippen LogP contribution is 2.22. The summed E-state index contributed by atoms with van der Waals surface area (Å²) < 4.78 is 0. The molecule has 86 valence electrons. The van der Waals surface area contributed by atoms with Gasteiger partial charge in [-0.2, -0.15) is 0 Å². The molecule has 1 heterocycles. The number of imidazole rings is 1. The molecule has 1 rings (SSSR count). The Morgan fingerprint density at radius 2 is 1.67 bits per heavy atom. The molecule has 0 unspecified atom stereocenters. The molecule has 0 amide bonds. The Balaban J connectivity index is 2.98. The van der Waals surface area contributed by atoms with Crippen LogP contribution >= 0.6 is 0 Å². The van der Waals surface area contributed by atoms with Gasteiger partial charge in [-0.25, -0.2) is 4.98 Å². The predicted octanol–water partition coefficient (Wildman–Crippen LogP) is 3.61. The topological polar surface area (TPSA) is 28.7 Å². The lowest BCUT2D eigenvalue weighted by Gasteiger charge is -2.14. The minimum atomic E-state index is 0.133. The number of H-pyrrole nitrogens is 1. The Kier molecular flexibility index (Phi) is 3.95. The van der Waals surface area contributed by atoms with Crippen LogP contribution < -0.4 is 0 Å². The first-order chi connectivity index (χ1) is 6.99. The Morgan fingerprint density at radius 3 is 2.13 bits per heavy atom. The van der Waals surface area contributed by atoms with Crippen LogP contribution in [0.2, 0.25) is 0 Å². The lowest BCUT2D eigenvalue weighted by atomic mass is 9.96. The molecule has 0 aliphatic rings. The highest BCUT2D eigenvalue weighted by atomic mass is 15.0. The molecule has 0 aliphatic carbocycles. The SMILES string of the molecule is CCCc1nc(C(C)(C)C)[nH]c1CCC. The molecule has 2 nitrogen and oxygen atoms in total. The van der Waals surface area contributed by atoms with Gasteiger partial charge >= 0.3 is 0 Å². The summed E-state index contributed by atoms with van der Waals surface area (Å²) in [6, 6.07) is 0. The highest BCUT2D eigenvalue weighted by Gasteiger charge is 2.19. The molecule has 1 N–H and O–H groups in total. The molecule has 15 heavy (non-hydrogen) atoms. The van der Waals surface area contributed by atoms with E-state index in [0.29, 0.717) is 0 Å². The fraction of sp³-hybridized carbons (Fsp3) is 0.769. The first-order valence-electron chi connectivity index (χ1n) is 6.07. The van der Waals surface area contributed by atoms with E-state index in [2.05, 4.69) is 39.6 Å². The van der Waals surface area contributed by atoms with Crippen molar-refractivity contribution in [3.8, 4) is 0 Å². The van der Waals surface area contributed by atoms with Crippen molar-refractivity contribution in [2.24, 2.45) is 0 Å². The minimum Gasteiger partial charge on any atom is -0.345 e. The van der Waals surface area contributed by atoms with Crippen molar-refractivity contribution in [2.45, 2.75) is 65.7 Å². The highest BCUT2D eigenvalue weighted by molar-refractivity contribution is 5.18. The quantitative estimate of drug-likeness (QED) is 0.804.